The molecule has 0 unspecified atom stereocenters. The highest BCUT2D eigenvalue weighted by molar-refractivity contribution is 5.69. The molecule has 1 amide bonds. The first kappa shape index (κ1) is 15.6. The lowest BCUT2D eigenvalue weighted by atomic mass is 9.81. The van der Waals surface area contributed by atoms with Gasteiger partial charge < -0.3 is 19.5 Å². The maximum absolute atomic E-state index is 12.2. The van der Waals surface area contributed by atoms with E-state index < -0.39 is 5.60 Å². The molecule has 2 aliphatic heterocycles. The molecule has 5 heteroatoms. The van der Waals surface area contributed by atoms with Crippen LogP contribution in [0.15, 0.2) is 0 Å². The van der Waals surface area contributed by atoms with E-state index in [1.54, 1.807) is 4.90 Å². The van der Waals surface area contributed by atoms with Crippen LogP contribution in [0.25, 0.3) is 0 Å². The molecule has 0 bridgehead atoms. The zero-order chi connectivity index (χ0) is 14.8. The molecule has 2 heterocycles. The molecule has 2 aliphatic rings. The van der Waals surface area contributed by atoms with Crippen LogP contribution in [0, 0.1) is 11.8 Å². The standard InChI is InChI=1S/C15H27NO4/c1-15(2,3)20-14(18)16-7-4-12(13(16)10-17)11-5-8-19-9-6-11/h11-13,17H,4-10H2,1-3H3/t12-,13+/m0/s1. The van der Waals surface area contributed by atoms with E-state index in [0.717, 1.165) is 32.5 Å². The first-order valence-corrected chi connectivity index (χ1v) is 7.60. The third kappa shape index (κ3) is 3.64. The number of nitrogens with zero attached hydrogens (tertiary/aromatic N) is 1. The number of hydrogen-bond acceptors (Lipinski definition) is 4. The molecule has 20 heavy (non-hydrogen) atoms. The monoisotopic (exact) mass is 285 g/mol. The molecule has 116 valence electrons. The van der Waals surface area contributed by atoms with Gasteiger partial charge in [-0.15, -0.1) is 0 Å². The van der Waals surface area contributed by atoms with Crippen LogP contribution in [-0.2, 0) is 9.47 Å². The van der Waals surface area contributed by atoms with Crippen molar-refractivity contribution in [2.24, 2.45) is 11.8 Å². The van der Waals surface area contributed by atoms with Gasteiger partial charge in [0.15, 0.2) is 0 Å². The second-order valence-electron chi connectivity index (χ2n) is 6.83. The van der Waals surface area contributed by atoms with Crippen LogP contribution in [0.3, 0.4) is 0 Å². The maximum Gasteiger partial charge on any atom is 0.410 e. The number of carbonyl (C=O) groups excluding carboxylic acids is 1. The average Bonchev–Trinajstić information content (AvgIpc) is 2.81. The summed E-state index contributed by atoms with van der Waals surface area (Å²) in [6.45, 7) is 7.89. The van der Waals surface area contributed by atoms with E-state index in [2.05, 4.69) is 0 Å². The lowest BCUT2D eigenvalue weighted by Gasteiger charge is -2.34. The van der Waals surface area contributed by atoms with Crippen LogP contribution < -0.4 is 0 Å². The van der Waals surface area contributed by atoms with Crippen molar-refractivity contribution in [3.63, 3.8) is 0 Å². The summed E-state index contributed by atoms with van der Waals surface area (Å²) >= 11 is 0. The Morgan fingerprint density at radius 2 is 1.95 bits per heavy atom. The molecule has 0 spiro atoms. The third-order valence-electron chi connectivity index (χ3n) is 4.28. The van der Waals surface area contributed by atoms with Crippen molar-refractivity contribution < 1.29 is 19.4 Å². The van der Waals surface area contributed by atoms with Gasteiger partial charge >= 0.3 is 6.09 Å². The zero-order valence-corrected chi connectivity index (χ0v) is 12.8. The van der Waals surface area contributed by atoms with Gasteiger partial charge in [0.05, 0.1) is 12.6 Å². The third-order valence-corrected chi connectivity index (χ3v) is 4.28. The van der Waals surface area contributed by atoms with Gasteiger partial charge in [-0.25, -0.2) is 4.79 Å². The largest absolute Gasteiger partial charge is 0.444 e. The minimum absolute atomic E-state index is 0.0151. The van der Waals surface area contributed by atoms with Crippen LogP contribution in [0.5, 0.6) is 0 Å². The second-order valence-corrected chi connectivity index (χ2v) is 6.83. The highest BCUT2D eigenvalue weighted by Gasteiger charge is 2.42. The first-order chi connectivity index (χ1) is 9.42. The molecule has 5 nitrogen and oxygen atoms in total. The summed E-state index contributed by atoms with van der Waals surface area (Å²) in [6, 6.07) is -0.104. The quantitative estimate of drug-likeness (QED) is 0.843. The van der Waals surface area contributed by atoms with Gasteiger partial charge in [0.25, 0.3) is 0 Å². The maximum atomic E-state index is 12.2. The van der Waals surface area contributed by atoms with Crippen LogP contribution in [-0.4, -0.2) is 54.1 Å². The minimum atomic E-state index is -0.492. The zero-order valence-electron chi connectivity index (χ0n) is 12.8. The predicted molar refractivity (Wildman–Crippen MR) is 75.5 cm³/mol. The Balaban J connectivity index is 2.00. The lowest BCUT2D eigenvalue weighted by Crippen LogP contribution is -2.44. The lowest BCUT2D eigenvalue weighted by molar-refractivity contribution is 0.00399. The second kappa shape index (κ2) is 6.31. The summed E-state index contributed by atoms with van der Waals surface area (Å²) in [6.07, 6.45) is 2.72. The van der Waals surface area contributed by atoms with Crippen LogP contribution in [0.4, 0.5) is 4.79 Å². The first-order valence-electron chi connectivity index (χ1n) is 7.60. The highest BCUT2D eigenvalue weighted by atomic mass is 16.6. The number of hydrogen-bond donors (Lipinski definition) is 1. The Morgan fingerprint density at radius 3 is 2.50 bits per heavy atom. The van der Waals surface area contributed by atoms with Gasteiger partial charge in [-0.05, 0) is 51.9 Å². The van der Waals surface area contributed by atoms with Crippen molar-refractivity contribution in [2.45, 2.75) is 51.7 Å². The molecular weight excluding hydrogens is 258 g/mol. The van der Waals surface area contributed by atoms with Crippen LogP contribution in [0.2, 0.25) is 0 Å². The van der Waals surface area contributed by atoms with Crippen molar-refractivity contribution in [1.29, 1.82) is 0 Å². The summed E-state index contributed by atoms with van der Waals surface area (Å²) in [5.74, 6) is 0.921. The summed E-state index contributed by atoms with van der Waals surface area (Å²) < 4.78 is 10.8. The van der Waals surface area contributed by atoms with Crippen LogP contribution in [0.1, 0.15) is 40.0 Å². The Hall–Kier alpha value is -0.810. The van der Waals surface area contributed by atoms with Gasteiger partial charge in [0.2, 0.25) is 0 Å². The molecule has 0 aromatic carbocycles. The molecule has 0 radical (unpaired) electrons. The van der Waals surface area contributed by atoms with Crippen LogP contribution >= 0.6 is 0 Å². The van der Waals surface area contributed by atoms with Crippen molar-refractivity contribution in [3.8, 4) is 0 Å². The van der Waals surface area contributed by atoms with Crippen molar-refractivity contribution in [2.75, 3.05) is 26.4 Å². The molecule has 0 aliphatic carbocycles. The van der Waals surface area contributed by atoms with E-state index in [9.17, 15) is 9.90 Å². The van der Waals surface area contributed by atoms with Gasteiger partial charge in [-0.1, -0.05) is 0 Å². The average molecular weight is 285 g/mol. The molecular formula is C15H27NO4. The molecule has 0 saturated carbocycles. The highest BCUT2D eigenvalue weighted by Crippen LogP contribution is 2.36. The summed E-state index contributed by atoms with van der Waals surface area (Å²) in [5, 5.41) is 9.70. The number of aliphatic hydroxyl groups excluding tert-OH is 1. The summed E-state index contributed by atoms with van der Waals surface area (Å²) in [7, 11) is 0. The molecule has 0 aromatic rings. The van der Waals surface area contributed by atoms with Gasteiger partial charge in [0, 0.05) is 19.8 Å². The number of aliphatic hydroxyl groups is 1. The Bertz CT molecular complexity index is 333. The van der Waals surface area contributed by atoms with E-state index in [1.165, 1.54) is 0 Å². The van der Waals surface area contributed by atoms with Crippen molar-refractivity contribution in [1.82, 2.24) is 4.90 Å². The fourth-order valence-corrected chi connectivity index (χ4v) is 3.35. The molecule has 2 saturated heterocycles. The topological polar surface area (TPSA) is 59.0 Å². The van der Waals surface area contributed by atoms with E-state index in [0.29, 0.717) is 18.4 Å². The normalized spacial score (nSPS) is 28.7. The number of likely N-dealkylation sites (tertiary alicyclic amines) is 1. The van der Waals surface area contributed by atoms with E-state index in [4.69, 9.17) is 9.47 Å². The summed E-state index contributed by atoms with van der Waals surface area (Å²) in [5.41, 5.74) is -0.492. The minimum Gasteiger partial charge on any atom is -0.444 e. The fraction of sp³-hybridized carbons (Fsp3) is 0.933. The molecule has 0 aromatic heterocycles. The van der Waals surface area contributed by atoms with Gasteiger partial charge in [-0.2, -0.15) is 0 Å². The molecule has 2 rings (SSSR count). The molecule has 1 N–H and O–H groups in total. The predicted octanol–water partition coefficient (Wildman–Crippen LogP) is 2.03. The number of ether oxygens (including phenoxy) is 2. The fourth-order valence-electron chi connectivity index (χ4n) is 3.35. The molecule has 2 fully saturated rings. The number of rotatable bonds is 2. The van der Waals surface area contributed by atoms with Crippen molar-refractivity contribution in [3.05, 3.63) is 0 Å². The number of carbonyl (C=O) groups is 1. The smallest absolute Gasteiger partial charge is 0.410 e. The van der Waals surface area contributed by atoms with Gasteiger partial charge in [-0.3, -0.25) is 0 Å². The van der Waals surface area contributed by atoms with E-state index in [1.807, 2.05) is 20.8 Å². The van der Waals surface area contributed by atoms with Crippen molar-refractivity contribution >= 4 is 6.09 Å². The SMILES string of the molecule is CC(C)(C)OC(=O)N1CC[C@@H](C2CCOCC2)[C@H]1CO. The van der Waals surface area contributed by atoms with Gasteiger partial charge in [0.1, 0.15) is 5.60 Å². The summed E-state index contributed by atoms with van der Waals surface area (Å²) in [4.78, 5) is 13.9. The number of amides is 1. The molecule has 2 atom stereocenters. The Morgan fingerprint density at radius 1 is 1.30 bits per heavy atom. The Kier molecular flexibility index (Phi) is 4.91. The Labute approximate surface area is 121 Å². The van der Waals surface area contributed by atoms with E-state index in [-0.39, 0.29) is 18.7 Å². The van der Waals surface area contributed by atoms with E-state index >= 15 is 0 Å².